The summed E-state index contributed by atoms with van der Waals surface area (Å²) in [6.07, 6.45) is 0.819. The van der Waals surface area contributed by atoms with Crippen LogP contribution in [0.25, 0.3) is 0 Å². The molecular weight excluding hydrogens is 294 g/mol. The molecule has 0 radical (unpaired) electrons. The zero-order valence-corrected chi connectivity index (χ0v) is 13.5. The molecule has 1 N–H and O–H groups in total. The first-order valence-corrected chi connectivity index (χ1v) is 8.22. The van der Waals surface area contributed by atoms with Crippen LogP contribution < -0.4 is 5.32 Å². The van der Waals surface area contributed by atoms with Gasteiger partial charge in [-0.15, -0.1) is 11.8 Å². The van der Waals surface area contributed by atoms with Crippen LogP contribution in [-0.2, 0) is 9.53 Å². The van der Waals surface area contributed by atoms with Crippen molar-refractivity contribution in [3.63, 3.8) is 0 Å². The molecular formula is C18H21NO2S. The Morgan fingerprint density at radius 3 is 2.36 bits per heavy atom. The van der Waals surface area contributed by atoms with Crippen molar-refractivity contribution in [1.82, 2.24) is 5.32 Å². The third-order valence-corrected chi connectivity index (χ3v) is 4.43. The van der Waals surface area contributed by atoms with E-state index in [1.54, 1.807) is 18.9 Å². The number of amides is 1. The summed E-state index contributed by atoms with van der Waals surface area (Å²) in [5.74, 6) is 0.0381. The lowest BCUT2D eigenvalue weighted by molar-refractivity contribution is -0.120. The van der Waals surface area contributed by atoms with Gasteiger partial charge in [0.1, 0.15) is 5.25 Å². The summed E-state index contributed by atoms with van der Waals surface area (Å²) in [5, 5.41) is 2.75. The lowest BCUT2D eigenvalue weighted by Gasteiger charge is -2.17. The molecule has 1 atom stereocenters. The molecule has 2 rings (SSSR count). The van der Waals surface area contributed by atoms with Crippen LogP contribution >= 0.6 is 11.8 Å². The van der Waals surface area contributed by atoms with Crippen LogP contribution in [0.5, 0.6) is 0 Å². The van der Waals surface area contributed by atoms with Crippen molar-refractivity contribution < 1.29 is 9.53 Å². The molecule has 0 aliphatic rings. The third-order valence-electron chi connectivity index (χ3n) is 3.16. The molecule has 22 heavy (non-hydrogen) atoms. The Labute approximate surface area is 136 Å². The highest BCUT2D eigenvalue weighted by molar-refractivity contribution is 8.00. The number of carbonyl (C=O) groups excluding carboxylic acids is 1. The summed E-state index contributed by atoms with van der Waals surface area (Å²) >= 11 is 1.57. The summed E-state index contributed by atoms with van der Waals surface area (Å²) < 4.78 is 5.01. The Balaban J connectivity index is 2.06. The van der Waals surface area contributed by atoms with Crippen LogP contribution in [0.4, 0.5) is 0 Å². The fraction of sp³-hybridized carbons (Fsp3) is 0.278. The summed E-state index contributed by atoms with van der Waals surface area (Å²) in [4.78, 5) is 13.6. The molecule has 1 unspecified atom stereocenters. The molecule has 1 amide bonds. The van der Waals surface area contributed by atoms with Gasteiger partial charge in [0.2, 0.25) is 5.91 Å². The number of benzene rings is 2. The average Bonchev–Trinajstić information content (AvgIpc) is 2.58. The maximum absolute atomic E-state index is 12.5. The number of hydrogen-bond acceptors (Lipinski definition) is 3. The first-order valence-electron chi connectivity index (χ1n) is 7.34. The van der Waals surface area contributed by atoms with Gasteiger partial charge in [-0.1, -0.05) is 48.5 Å². The number of methoxy groups -OCH3 is 1. The maximum Gasteiger partial charge on any atom is 0.237 e. The fourth-order valence-electron chi connectivity index (χ4n) is 2.06. The van der Waals surface area contributed by atoms with Gasteiger partial charge >= 0.3 is 0 Å². The van der Waals surface area contributed by atoms with E-state index in [1.807, 2.05) is 60.7 Å². The number of carbonyl (C=O) groups is 1. The van der Waals surface area contributed by atoms with Crippen molar-refractivity contribution in [3.05, 3.63) is 66.2 Å². The highest BCUT2D eigenvalue weighted by atomic mass is 32.2. The first-order chi connectivity index (χ1) is 10.8. The first kappa shape index (κ1) is 16.6. The highest BCUT2D eigenvalue weighted by Crippen LogP contribution is 2.35. The monoisotopic (exact) mass is 315 g/mol. The third kappa shape index (κ3) is 5.20. The number of thioether (sulfide) groups is 1. The van der Waals surface area contributed by atoms with Crippen molar-refractivity contribution in [2.24, 2.45) is 0 Å². The lowest BCUT2D eigenvalue weighted by Crippen LogP contribution is -2.29. The second kappa shape index (κ2) is 9.28. The molecule has 2 aromatic rings. The molecule has 0 aromatic heterocycles. The quantitative estimate of drug-likeness (QED) is 0.596. The summed E-state index contributed by atoms with van der Waals surface area (Å²) in [6.45, 7) is 1.29. The minimum absolute atomic E-state index is 0.0381. The molecule has 116 valence electrons. The zero-order chi connectivity index (χ0) is 15.6. The van der Waals surface area contributed by atoms with E-state index in [4.69, 9.17) is 4.74 Å². The van der Waals surface area contributed by atoms with Crippen LogP contribution in [0.2, 0.25) is 0 Å². The van der Waals surface area contributed by atoms with E-state index in [9.17, 15) is 4.79 Å². The lowest BCUT2D eigenvalue weighted by atomic mass is 10.1. The van der Waals surface area contributed by atoms with Gasteiger partial charge < -0.3 is 10.1 Å². The van der Waals surface area contributed by atoms with Crippen LogP contribution in [0, 0.1) is 0 Å². The molecule has 0 spiro atoms. The second-order valence-electron chi connectivity index (χ2n) is 4.86. The smallest absolute Gasteiger partial charge is 0.237 e. The van der Waals surface area contributed by atoms with E-state index < -0.39 is 0 Å². The second-order valence-corrected chi connectivity index (χ2v) is 6.04. The molecule has 0 aliphatic carbocycles. The van der Waals surface area contributed by atoms with Crippen molar-refractivity contribution >= 4 is 17.7 Å². The molecule has 0 saturated heterocycles. The number of rotatable bonds is 8. The van der Waals surface area contributed by atoms with Crippen LogP contribution in [0.3, 0.4) is 0 Å². The summed E-state index contributed by atoms with van der Waals surface area (Å²) in [6, 6.07) is 19.9. The van der Waals surface area contributed by atoms with E-state index >= 15 is 0 Å². The standard InChI is InChI=1S/C18H21NO2S/c1-21-14-8-13-19-18(20)17(15-9-4-2-5-10-15)22-16-11-6-3-7-12-16/h2-7,9-12,17H,8,13-14H2,1H3,(H,19,20). The van der Waals surface area contributed by atoms with E-state index in [0.717, 1.165) is 16.9 Å². The Bertz CT molecular complexity index is 560. The van der Waals surface area contributed by atoms with E-state index in [1.165, 1.54) is 0 Å². The van der Waals surface area contributed by atoms with Gasteiger partial charge in [-0.25, -0.2) is 0 Å². The van der Waals surface area contributed by atoms with Crippen molar-refractivity contribution in [1.29, 1.82) is 0 Å². The maximum atomic E-state index is 12.5. The predicted octanol–water partition coefficient (Wildman–Crippen LogP) is 3.67. The van der Waals surface area contributed by atoms with Crippen LogP contribution in [-0.4, -0.2) is 26.2 Å². The highest BCUT2D eigenvalue weighted by Gasteiger charge is 2.21. The summed E-state index contributed by atoms with van der Waals surface area (Å²) in [5.41, 5.74) is 1.01. The van der Waals surface area contributed by atoms with Gasteiger partial charge in [0.25, 0.3) is 0 Å². The summed E-state index contributed by atoms with van der Waals surface area (Å²) in [7, 11) is 1.67. The van der Waals surface area contributed by atoms with E-state index in [-0.39, 0.29) is 11.2 Å². The molecule has 4 heteroatoms. The average molecular weight is 315 g/mol. The van der Waals surface area contributed by atoms with Gasteiger partial charge in [-0.3, -0.25) is 4.79 Å². The molecule has 0 aliphatic heterocycles. The van der Waals surface area contributed by atoms with Crippen molar-refractivity contribution in [2.45, 2.75) is 16.6 Å². The Morgan fingerprint density at radius 1 is 1.09 bits per heavy atom. The fourth-order valence-corrected chi connectivity index (χ4v) is 3.13. The van der Waals surface area contributed by atoms with E-state index in [2.05, 4.69) is 5.32 Å². The van der Waals surface area contributed by atoms with Crippen molar-refractivity contribution in [2.75, 3.05) is 20.3 Å². The van der Waals surface area contributed by atoms with Gasteiger partial charge in [0, 0.05) is 25.2 Å². The SMILES string of the molecule is COCCCNC(=O)C(Sc1ccccc1)c1ccccc1. The van der Waals surface area contributed by atoms with Gasteiger partial charge in [0.05, 0.1) is 0 Å². The predicted molar refractivity (Wildman–Crippen MR) is 91.0 cm³/mol. The molecule has 3 nitrogen and oxygen atoms in total. The molecule has 2 aromatic carbocycles. The number of nitrogens with one attached hydrogen (secondary N) is 1. The molecule has 0 heterocycles. The van der Waals surface area contributed by atoms with Gasteiger partial charge in [0.15, 0.2) is 0 Å². The van der Waals surface area contributed by atoms with Crippen LogP contribution in [0.15, 0.2) is 65.6 Å². The number of ether oxygens (including phenoxy) is 1. The van der Waals surface area contributed by atoms with Crippen molar-refractivity contribution in [3.8, 4) is 0 Å². The number of hydrogen-bond donors (Lipinski definition) is 1. The van der Waals surface area contributed by atoms with E-state index in [0.29, 0.717) is 13.2 Å². The Kier molecular flexibility index (Phi) is 7.00. The minimum atomic E-state index is -0.244. The molecule has 0 fully saturated rings. The van der Waals surface area contributed by atoms with Gasteiger partial charge in [-0.05, 0) is 24.1 Å². The van der Waals surface area contributed by atoms with Gasteiger partial charge in [-0.2, -0.15) is 0 Å². The normalized spacial score (nSPS) is 11.9. The topological polar surface area (TPSA) is 38.3 Å². The zero-order valence-electron chi connectivity index (χ0n) is 12.7. The Morgan fingerprint density at radius 2 is 1.73 bits per heavy atom. The Hall–Kier alpha value is -1.78. The largest absolute Gasteiger partial charge is 0.385 e. The molecule has 0 bridgehead atoms. The van der Waals surface area contributed by atoms with Crippen LogP contribution in [0.1, 0.15) is 17.2 Å². The molecule has 0 saturated carbocycles. The minimum Gasteiger partial charge on any atom is -0.385 e.